The number of benzene rings is 1. The van der Waals surface area contributed by atoms with Gasteiger partial charge in [-0.15, -0.1) is 0 Å². The molecule has 0 bridgehead atoms. The summed E-state index contributed by atoms with van der Waals surface area (Å²) in [5.41, 5.74) is 0.116. The lowest BCUT2D eigenvalue weighted by molar-refractivity contribution is 0.0696. The molecule has 0 spiro atoms. The number of nitrogens with zero attached hydrogens (tertiary/aromatic N) is 2. The minimum atomic E-state index is -1.03. The van der Waals surface area contributed by atoms with Crippen molar-refractivity contribution in [3.8, 4) is 11.5 Å². The van der Waals surface area contributed by atoms with Crippen molar-refractivity contribution >= 4 is 5.97 Å². The third kappa shape index (κ3) is 3.71. The molecular weight excluding hydrogens is 276 g/mol. The quantitative estimate of drug-likeness (QED) is 0.836. The van der Waals surface area contributed by atoms with E-state index in [1.807, 2.05) is 6.92 Å². The summed E-state index contributed by atoms with van der Waals surface area (Å²) in [5.74, 6) is 0.687. The van der Waals surface area contributed by atoms with Gasteiger partial charge < -0.3 is 19.1 Å². The Morgan fingerprint density at radius 3 is 2.86 bits per heavy atom. The van der Waals surface area contributed by atoms with E-state index in [9.17, 15) is 4.79 Å². The molecule has 21 heavy (non-hydrogen) atoms. The van der Waals surface area contributed by atoms with Crippen LogP contribution in [0.2, 0.25) is 0 Å². The largest absolute Gasteiger partial charge is 0.493 e. The summed E-state index contributed by atoms with van der Waals surface area (Å²) in [6, 6.07) is 4.38. The topological polar surface area (TPSA) is 94.7 Å². The molecule has 0 aliphatic carbocycles. The van der Waals surface area contributed by atoms with Crippen molar-refractivity contribution in [3.05, 3.63) is 35.5 Å². The molecule has 7 nitrogen and oxygen atoms in total. The maximum atomic E-state index is 11.0. The van der Waals surface area contributed by atoms with Crippen LogP contribution in [0.5, 0.6) is 11.5 Å². The van der Waals surface area contributed by atoms with Gasteiger partial charge in [0.05, 0.1) is 12.7 Å². The van der Waals surface area contributed by atoms with Crippen LogP contribution in [0.25, 0.3) is 0 Å². The molecule has 0 saturated heterocycles. The predicted octanol–water partition coefficient (Wildman–Crippen LogP) is 2.31. The Balaban J connectivity index is 2.10. The molecule has 1 aromatic carbocycles. The number of rotatable bonds is 7. The number of methoxy groups -OCH3 is 1. The summed E-state index contributed by atoms with van der Waals surface area (Å²) in [7, 11) is 1.48. The molecule has 2 rings (SSSR count). The van der Waals surface area contributed by atoms with Gasteiger partial charge in [-0.3, -0.25) is 0 Å². The molecule has 0 amide bonds. The monoisotopic (exact) mass is 292 g/mol. The highest BCUT2D eigenvalue weighted by Gasteiger charge is 2.12. The molecule has 1 N–H and O–H groups in total. The molecule has 0 fully saturated rings. The number of carboxylic acids is 1. The molecule has 2 aromatic rings. The van der Waals surface area contributed by atoms with Crippen LogP contribution in [0.4, 0.5) is 0 Å². The number of carbonyl (C=O) groups is 1. The minimum Gasteiger partial charge on any atom is -0.493 e. The SMILES string of the molecule is CCCc1nc(COc2cc(C(=O)O)ccc2OC)no1. The fourth-order valence-electron chi connectivity index (χ4n) is 1.73. The summed E-state index contributed by atoms with van der Waals surface area (Å²) < 4.78 is 15.7. The Morgan fingerprint density at radius 2 is 2.19 bits per heavy atom. The number of ether oxygens (including phenoxy) is 2. The van der Waals surface area contributed by atoms with Crippen LogP contribution in [0.1, 0.15) is 35.4 Å². The molecule has 0 aliphatic heterocycles. The maximum Gasteiger partial charge on any atom is 0.335 e. The van der Waals surface area contributed by atoms with Crippen molar-refractivity contribution in [1.82, 2.24) is 10.1 Å². The Labute approximate surface area is 121 Å². The van der Waals surface area contributed by atoms with E-state index < -0.39 is 5.97 Å². The summed E-state index contributed by atoms with van der Waals surface area (Å²) in [4.78, 5) is 15.1. The lowest BCUT2D eigenvalue weighted by atomic mass is 10.2. The zero-order valence-corrected chi connectivity index (χ0v) is 11.8. The summed E-state index contributed by atoms with van der Waals surface area (Å²) in [6.45, 7) is 2.09. The van der Waals surface area contributed by atoms with E-state index in [0.717, 1.165) is 6.42 Å². The van der Waals surface area contributed by atoms with E-state index in [4.69, 9.17) is 19.1 Å². The van der Waals surface area contributed by atoms with Gasteiger partial charge >= 0.3 is 5.97 Å². The number of hydrogen-bond acceptors (Lipinski definition) is 6. The lowest BCUT2D eigenvalue weighted by Gasteiger charge is -2.09. The normalized spacial score (nSPS) is 10.4. The van der Waals surface area contributed by atoms with Crippen molar-refractivity contribution in [2.75, 3.05) is 7.11 Å². The van der Waals surface area contributed by atoms with Gasteiger partial charge in [0.1, 0.15) is 0 Å². The second-order valence-corrected chi connectivity index (χ2v) is 4.31. The predicted molar refractivity (Wildman–Crippen MR) is 72.6 cm³/mol. The number of aromatic nitrogens is 2. The van der Waals surface area contributed by atoms with E-state index >= 15 is 0 Å². The van der Waals surface area contributed by atoms with Crippen LogP contribution < -0.4 is 9.47 Å². The first-order chi connectivity index (χ1) is 10.1. The number of carboxylic acid groups (broad SMARTS) is 1. The molecular formula is C14H16N2O5. The van der Waals surface area contributed by atoms with Gasteiger partial charge in [-0.1, -0.05) is 12.1 Å². The fourth-order valence-corrected chi connectivity index (χ4v) is 1.73. The van der Waals surface area contributed by atoms with Gasteiger partial charge in [-0.25, -0.2) is 4.79 Å². The van der Waals surface area contributed by atoms with Crippen LogP contribution in [-0.4, -0.2) is 28.3 Å². The molecule has 0 aliphatic rings. The standard InChI is InChI=1S/C14H16N2O5/c1-3-4-13-15-12(16-21-13)8-20-11-7-9(14(17)18)5-6-10(11)19-2/h5-7H,3-4,8H2,1-2H3,(H,17,18). The van der Waals surface area contributed by atoms with Crippen molar-refractivity contribution in [2.24, 2.45) is 0 Å². The first-order valence-corrected chi connectivity index (χ1v) is 6.49. The smallest absolute Gasteiger partial charge is 0.335 e. The van der Waals surface area contributed by atoms with Gasteiger partial charge in [-0.2, -0.15) is 4.98 Å². The Bertz CT molecular complexity index is 624. The molecule has 1 aromatic heterocycles. The molecule has 1 heterocycles. The average molecular weight is 292 g/mol. The molecule has 0 atom stereocenters. The zero-order chi connectivity index (χ0) is 15.2. The number of aromatic carboxylic acids is 1. The number of aryl methyl sites for hydroxylation is 1. The molecule has 0 radical (unpaired) electrons. The highest BCUT2D eigenvalue weighted by Crippen LogP contribution is 2.28. The molecule has 0 saturated carbocycles. The first-order valence-electron chi connectivity index (χ1n) is 6.49. The van der Waals surface area contributed by atoms with Crippen LogP contribution in [0, 0.1) is 0 Å². The van der Waals surface area contributed by atoms with Crippen LogP contribution in [0.15, 0.2) is 22.7 Å². The van der Waals surface area contributed by atoms with E-state index in [-0.39, 0.29) is 12.2 Å². The van der Waals surface area contributed by atoms with E-state index in [1.54, 1.807) is 0 Å². The van der Waals surface area contributed by atoms with E-state index in [2.05, 4.69) is 10.1 Å². The summed E-state index contributed by atoms with van der Waals surface area (Å²) >= 11 is 0. The molecule has 0 unspecified atom stereocenters. The highest BCUT2D eigenvalue weighted by molar-refractivity contribution is 5.88. The second-order valence-electron chi connectivity index (χ2n) is 4.31. The van der Waals surface area contributed by atoms with Crippen molar-refractivity contribution in [1.29, 1.82) is 0 Å². The summed E-state index contributed by atoms with van der Waals surface area (Å²) in [6.07, 6.45) is 1.63. The van der Waals surface area contributed by atoms with Gasteiger partial charge in [0.2, 0.25) is 11.7 Å². The van der Waals surface area contributed by atoms with Crippen molar-refractivity contribution in [3.63, 3.8) is 0 Å². The third-order valence-corrected chi connectivity index (χ3v) is 2.74. The van der Waals surface area contributed by atoms with Gasteiger partial charge in [0.25, 0.3) is 0 Å². The van der Waals surface area contributed by atoms with Crippen molar-refractivity contribution < 1.29 is 23.9 Å². The molecule has 112 valence electrons. The fraction of sp³-hybridized carbons (Fsp3) is 0.357. The van der Waals surface area contributed by atoms with Crippen LogP contribution in [-0.2, 0) is 13.0 Å². The first kappa shape index (κ1) is 14.8. The minimum absolute atomic E-state index is 0.0760. The van der Waals surface area contributed by atoms with E-state index in [0.29, 0.717) is 29.6 Å². The maximum absolute atomic E-state index is 11.0. The Morgan fingerprint density at radius 1 is 1.38 bits per heavy atom. The highest BCUT2D eigenvalue weighted by atomic mass is 16.5. The molecule has 7 heteroatoms. The van der Waals surface area contributed by atoms with Crippen LogP contribution in [0.3, 0.4) is 0 Å². The van der Waals surface area contributed by atoms with E-state index in [1.165, 1.54) is 25.3 Å². The van der Waals surface area contributed by atoms with Gasteiger partial charge in [-0.05, 0) is 24.6 Å². The second kappa shape index (κ2) is 6.74. The van der Waals surface area contributed by atoms with Gasteiger partial charge in [0, 0.05) is 6.42 Å². The summed E-state index contributed by atoms with van der Waals surface area (Å²) in [5, 5.41) is 12.8. The lowest BCUT2D eigenvalue weighted by Crippen LogP contribution is -2.02. The average Bonchev–Trinajstić information content (AvgIpc) is 2.92. The van der Waals surface area contributed by atoms with Gasteiger partial charge in [0.15, 0.2) is 18.1 Å². The van der Waals surface area contributed by atoms with Crippen molar-refractivity contribution in [2.45, 2.75) is 26.4 Å². The Kier molecular flexibility index (Phi) is 4.76. The Hall–Kier alpha value is -2.57. The zero-order valence-electron chi connectivity index (χ0n) is 11.8. The third-order valence-electron chi connectivity index (χ3n) is 2.74. The number of hydrogen-bond donors (Lipinski definition) is 1. The van der Waals surface area contributed by atoms with Crippen LogP contribution >= 0.6 is 0 Å².